The standard InChI is InChI=1S/C30H41F3N4O3/c1-3-5-7-9-11-15-21-36(22-16-12-10-8-6-4-2)27-18-14-13-17-25(27)34-35-26-20-19-24(23-28(26)37(39)40)29(38)30(31,32)33/h13-14,17-20,23H,3-12,15-16,21-22H2,1-2H3. The summed E-state index contributed by atoms with van der Waals surface area (Å²) >= 11 is 0. The van der Waals surface area contributed by atoms with Crippen LogP contribution in [0.2, 0.25) is 0 Å². The second-order valence-electron chi connectivity index (χ2n) is 10.00. The molecule has 7 nitrogen and oxygen atoms in total. The Morgan fingerprint density at radius 2 is 1.32 bits per heavy atom. The van der Waals surface area contributed by atoms with Crippen molar-refractivity contribution in [1.82, 2.24) is 0 Å². The summed E-state index contributed by atoms with van der Waals surface area (Å²) in [5.74, 6) is -2.15. The van der Waals surface area contributed by atoms with Crippen LogP contribution in [0.25, 0.3) is 0 Å². The minimum Gasteiger partial charge on any atom is -0.370 e. The fourth-order valence-corrected chi connectivity index (χ4v) is 4.50. The highest BCUT2D eigenvalue weighted by Crippen LogP contribution is 2.35. The normalized spacial score (nSPS) is 11.7. The Morgan fingerprint density at radius 3 is 1.88 bits per heavy atom. The number of carbonyl (C=O) groups is 1. The molecule has 0 amide bonds. The van der Waals surface area contributed by atoms with E-state index in [2.05, 4.69) is 29.0 Å². The summed E-state index contributed by atoms with van der Waals surface area (Å²) in [6.45, 7) is 6.08. The van der Waals surface area contributed by atoms with E-state index in [1.807, 2.05) is 12.1 Å². The van der Waals surface area contributed by atoms with Crippen molar-refractivity contribution >= 4 is 28.5 Å². The number of nitrogens with zero attached hydrogens (tertiary/aromatic N) is 4. The van der Waals surface area contributed by atoms with E-state index in [0.717, 1.165) is 56.6 Å². The maximum absolute atomic E-state index is 12.8. The van der Waals surface area contributed by atoms with Crippen LogP contribution in [0.15, 0.2) is 52.7 Å². The van der Waals surface area contributed by atoms with Crippen molar-refractivity contribution in [3.8, 4) is 0 Å². The molecule has 0 aliphatic heterocycles. The third kappa shape index (κ3) is 11.1. The number of hydrogen-bond donors (Lipinski definition) is 0. The number of unbranched alkanes of at least 4 members (excludes halogenated alkanes) is 10. The predicted molar refractivity (Wildman–Crippen MR) is 153 cm³/mol. The third-order valence-corrected chi connectivity index (χ3v) is 6.74. The number of azo groups is 1. The molecule has 0 N–H and O–H groups in total. The molecule has 0 fully saturated rings. The van der Waals surface area contributed by atoms with Gasteiger partial charge in [-0.2, -0.15) is 13.2 Å². The molecule has 0 spiro atoms. The van der Waals surface area contributed by atoms with E-state index in [1.165, 1.54) is 51.4 Å². The van der Waals surface area contributed by atoms with Crippen molar-refractivity contribution in [3.63, 3.8) is 0 Å². The molecule has 0 saturated carbocycles. The monoisotopic (exact) mass is 562 g/mol. The van der Waals surface area contributed by atoms with Crippen LogP contribution < -0.4 is 4.90 Å². The maximum Gasteiger partial charge on any atom is 0.454 e. The van der Waals surface area contributed by atoms with Gasteiger partial charge < -0.3 is 4.90 Å². The first-order valence-corrected chi connectivity index (χ1v) is 14.3. The van der Waals surface area contributed by atoms with Crippen LogP contribution in [-0.2, 0) is 0 Å². The average Bonchev–Trinajstić information content (AvgIpc) is 2.93. The van der Waals surface area contributed by atoms with E-state index in [1.54, 1.807) is 12.1 Å². The lowest BCUT2D eigenvalue weighted by Crippen LogP contribution is -2.25. The van der Waals surface area contributed by atoms with Crippen molar-refractivity contribution < 1.29 is 22.9 Å². The molecule has 0 atom stereocenters. The molecule has 0 aliphatic rings. The molecule has 2 aromatic rings. The fourth-order valence-electron chi connectivity index (χ4n) is 4.50. The topological polar surface area (TPSA) is 88.2 Å². The van der Waals surface area contributed by atoms with Crippen molar-refractivity contribution in [3.05, 3.63) is 58.1 Å². The van der Waals surface area contributed by atoms with Gasteiger partial charge in [0.2, 0.25) is 0 Å². The number of carbonyl (C=O) groups excluding carboxylic acids is 1. The molecule has 0 heterocycles. The first-order valence-electron chi connectivity index (χ1n) is 14.3. The summed E-state index contributed by atoms with van der Waals surface area (Å²) in [7, 11) is 0. The Hall–Kier alpha value is -3.30. The summed E-state index contributed by atoms with van der Waals surface area (Å²) in [4.78, 5) is 24.5. The van der Waals surface area contributed by atoms with Crippen LogP contribution in [0.1, 0.15) is 101 Å². The first-order chi connectivity index (χ1) is 19.2. The molecule has 10 heteroatoms. The van der Waals surface area contributed by atoms with E-state index in [4.69, 9.17) is 0 Å². The average molecular weight is 563 g/mol. The van der Waals surface area contributed by atoms with Crippen LogP contribution >= 0.6 is 0 Å². The Balaban J connectivity index is 2.25. The zero-order chi connectivity index (χ0) is 29.4. The molecule has 2 rings (SSSR count). The van der Waals surface area contributed by atoms with Gasteiger partial charge in [-0.05, 0) is 37.1 Å². The van der Waals surface area contributed by atoms with E-state index >= 15 is 0 Å². The molecular weight excluding hydrogens is 521 g/mol. The van der Waals surface area contributed by atoms with Crippen molar-refractivity contribution in [2.75, 3.05) is 18.0 Å². The number of alkyl halides is 3. The molecular formula is C30H41F3N4O3. The number of halogens is 3. The largest absolute Gasteiger partial charge is 0.454 e. The van der Waals surface area contributed by atoms with Gasteiger partial charge in [0.1, 0.15) is 5.69 Å². The summed E-state index contributed by atoms with van der Waals surface area (Å²) < 4.78 is 38.5. The summed E-state index contributed by atoms with van der Waals surface area (Å²) in [5, 5.41) is 19.9. The van der Waals surface area contributed by atoms with Gasteiger partial charge in [-0.3, -0.25) is 14.9 Å². The Kier molecular flexibility index (Phi) is 14.3. The van der Waals surface area contributed by atoms with Crippen LogP contribution in [0.5, 0.6) is 0 Å². The van der Waals surface area contributed by atoms with E-state index in [0.29, 0.717) is 11.8 Å². The second-order valence-corrected chi connectivity index (χ2v) is 10.00. The number of Topliss-reactive ketones (excluding diaryl/α,β-unsaturated/α-hetero) is 1. The SMILES string of the molecule is CCCCCCCCN(CCCCCCCC)c1ccccc1N=Nc1ccc(C(=O)C(F)(F)F)cc1[N+](=O)[O-]. The lowest BCUT2D eigenvalue weighted by Gasteiger charge is -2.26. The van der Waals surface area contributed by atoms with Gasteiger partial charge in [0.25, 0.3) is 11.5 Å². The summed E-state index contributed by atoms with van der Waals surface area (Å²) in [5.41, 5.74) is -0.379. The number of ketones is 1. The van der Waals surface area contributed by atoms with Gasteiger partial charge in [-0.1, -0.05) is 90.2 Å². The van der Waals surface area contributed by atoms with E-state index in [9.17, 15) is 28.1 Å². The molecule has 0 aliphatic carbocycles. The highest BCUT2D eigenvalue weighted by molar-refractivity contribution is 6.01. The first kappa shape index (κ1) is 32.9. The van der Waals surface area contributed by atoms with Gasteiger partial charge in [0, 0.05) is 24.7 Å². The number of benzene rings is 2. The van der Waals surface area contributed by atoms with Crippen LogP contribution in [-0.4, -0.2) is 30.0 Å². The lowest BCUT2D eigenvalue weighted by molar-refractivity contribution is -0.384. The lowest BCUT2D eigenvalue weighted by atomic mass is 10.1. The molecule has 0 unspecified atom stereocenters. The van der Waals surface area contributed by atoms with Crippen molar-refractivity contribution in [1.29, 1.82) is 0 Å². The Bertz CT molecular complexity index is 1090. The summed E-state index contributed by atoms with van der Waals surface area (Å²) in [6, 6.07) is 9.91. The van der Waals surface area contributed by atoms with Crippen molar-refractivity contribution in [2.45, 2.75) is 97.1 Å². The number of nitro groups is 1. The number of hydrogen-bond acceptors (Lipinski definition) is 6. The maximum atomic E-state index is 12.8. The molecule has 220 valence electrons. The number of anilines is 1. The van der Waals surface area contributed by atoms with Gasteiger partial charge in [0.05, 0.1) is 10.6 Å². The molecule has 0 saturated heterocycles. The Labute approximate surface area is 235 Å². The predicted octanol–water partition coefficient (Wildman–Crippen LogP) is 10.3. The molecule has 2 aromatic carbocycles. The van der Waals surface area contributed by atoms with Crippen LogP contribution in [0.3, 0.4) is 0 Å². The van der Waals surface area contributed by atoms with E-state index in [-0.39, 0.29) is 5.69 Å². The highest BCUT2D eigenvalue weighted by atomic mass is 19.4. The third-order valence-electron chi connectivity index (χ3n) is 6.74. The molecule has 0 bridgehead atoms. The van der Waals surface area contributed by atoms with Gasteiger partial charge in [-0.15, -0.1) is 10.2 Å². The minimum absolute atomic E-state index is 0.225. The van der Waals surface area contributed by atoms with Crippen molar-refractivity contribution in [2.24, 2.45) is 10.2 Å². The fraction of sp³-hybridized carbons (Fsp3) is 0.567. The zero-order valence-corrected chi connectivity index (χ0v) is 23.6. The zero-order valence-electron chi connectivity index (χ0n) is 23.6. The number of rotatable bonds is 19. The molecule has 0 radical (unpaired) electrons. The number of nitro benzene ring substituents is 1. The van der Waals surface area contributed by atoms with Crippen LogP contribution in [0, 0.1) is 10.1 Å². The van der Waals surface area contributed by atoms with Gasteiger partial charge >= 0.3 is 6.18 Å². The molecule has 0 aromatic heterocycles. The minimum atomic E-state index is -5.13. The number of para-hydroxylation sites is 1. The highest BCUT2D eigenvalue weighted by Gasteiger charge is 2.40. The molecule has 40 heavy (non-hydrogen) atoms. The van der Waals surface area contributed by atoms with E-state index < -0.39 is 28.1 Å². The quantitative estimate of drug-likeness (QED) is 0.0560. The van der Waals surface area contributed by atoms with Gasteiger partial charge in [-0.25, -0.2) is 0 Å². The summed E-state index contributed by atoms with van der Waals surface area (Å²) in [6.07, 6.45) is 8.90. The van der Waals surface area contributed by atoms with Gasteiger partial charge in [0.15, 0.2) is 5.69 Å². The smallest absolute Gasteiger partial charge is 0.370 e. The Morgan fingerprint density at radius 1 is 0.800 bits per heavy atom. The van der Waals surface area contributed by atoms with Crippen LogP contribution in [0.4, 0.5) is 35.9 Å². The second kappa shape index (κ2) is 17.4.